The fourth-order valence-corrected chi connectivity index (χ4v) is 0.877. The maximum Gasteiger partial charge on any atom is -0.00368 e. The first kappa shape index (κ1) is 18.6. The molecule has 0 aromatic rings. The van der Waals surface area contributed by atoms with Crippen molar-refractivity contribution in [2.75, 3.05) is 32.4 Å². The lowest BCUT2D eigenvalue weighted by Gasteiger charge is -2.01. The van der Waals surface area contributed by atoms with E-state index in [4.69, 9.17) is 0 Å². The minimum Gasteiger partial charge on any atom is -0.320 e. The first-order valence-corrected chi connectivity index (χ1v) is 4.51. The van der Waals surface area contributed by atoms with E-state index in [-0.39, 0.29) is 24.8 Å². The average Bonchev–Trinajstić information content (AvgIpc) is 1.97. The summed E-state index contributed by atoms with van der Waals surface area (Å²) in [6.07, 6.45) is 2.38. The molecule has 0 saturated heterocycles. The minimum absolute atomic E-state index is 0. The van der Waals surface area contributed by atoms with Crippen LogP contribution in [0.3, 0.4) is 0 Å². The van der Waals surface area contributed by atoms with Gasteiger partial charge in [0.25, 0.3) is 0 Å². The quantitative estimate of drug-likeness (QED) is 0.458. The summed E-state index contributed by atoms with van der Waals surface area (Å²) in [6, 6.07) is 0. The molecule has 0 atom stereocenters. The zero-order chi connectivity index (χ0) is 7.66. The van der Waals surface area contributed by atoms with E-state index in [1.54, 1.807) is 0 Å². The molecule has 0 aliphatic heterocycles. The third kappa shape index (κ3) is 17.1. The van der Waals surface area contributed by atoms with Crippen LogP contribution in [0.2, 0.25) is 0 Å². The third-order valence-electron chi connectivity index (χ3n) is 1.29. The van der Waals surface area contributed by atoms with Crippen molar-refractivity contribution in [3.63, 3.8) is 0 Å². The topological polar surface area (TPSA) is 24.1 Å². The van der Waals surface area contributed by atoms with Crippen molar-refractivity contribution < 1.29 is 0 Å². The SMILES string of the molecule is CNCCCNCCCS.Cl.Cl. The Balaban J connectivity index is -0.000000405. The van der Waals surface area contributed by atoms with Crippen LogP contribution in [0, 0.1) is 0 Å². The molecule has 5 heteroatoms. The van der Waals surface area contributed by atoms with Gasteiger partial charge in [-0.2, -0.15) is 12.6 Å². The van der Waals surface area contributed by atoms with E-state index in [9.17, 15) is 0 Å². The van der Waals surface area contributed by atoms with Gasteiger partial charge in [-0.15, -0.1) is 24.8 Å². The molecule has 0 radical (unpaired) electrons. The van der Waals surface area contributed by atoms with E-state index in [0.717, 1.165) is 25.4 Å². The summed E-state index contributed by atoms with van der Waals surface area (Å²) < 4.78 is 0. The van der Waals surface area contributed by atoms with Gasteiger partial charge in [0.15, 0.2) is 0 Å². The van der Waals surface area contributed by atoms with Gasteiger partial charge in [0.05, 0.1) is 0 Å². The van der Waals surface area contributed by atoms with Gasteiger partial charge < -0.3 is 10.6 Å². The molecule has 78 valence electrons. The molecule has 0 aromatic heterocycles. The normalized spacial score (nSPS) is 8.50. The number of hydrogen-bond donors (Lipinski definition) is 3. The van der Waals surface area contributed by atoms with Crippen LogP contribution in [-0.4, -0.2) is 32.4 Å². The van der Waals surface area contributed by atoms with Crippen LogP contribution >= 0.6 is 37.4 Å². The third-order valence-corrected chi connectivity index (χ3v) is 1.61. The summed E-state index contributed by atoms with van der Waals surface area (Å²) in [5, 5.41) is 6.44. The summed E-state index contributed by atoms with van der Waals surface area (Å²) in [6.45, 7) is 3.33. The molecule has 0 saturated carbocycles. The van der Waals surface area contributed by atoms with Crippen LogP contribution in [-0.2, 0) is 0 Å². The minimum atomic E-state index is 0. The Bertz CT molecular complexity index is 59.4. The Labute approximate surface area is 93.5 Å². The molecule has 0 spiro atoms. The Kier molecular flexibility index (Phi) is 27.6. The Hall–Kier alpha value is 0.850. The van der Waals surface area contributed by atoms with Gasteiger partial charge in [0.2, 0.25) is 0 Å². The van der Waals surface area contributed by atoms with Crippen molar-refractivity contribution in [3.8, 4) is 0 Å². The molecule has 0 bridgehead atoms. The predicted octanol–water partition coefficient (Wildman–Crippen LogP) is 1.35. The van der Waals surface area contributed by atoms with Gasteiger partial charge in [-0.1, -0.05) is 0 Å². The average molecular weight is 235 g/mol. The van der Waals surface area contributed by atoms with Crippen molar-refractivity contribution in [1.82, 2.24) is 10.6 Å². The maximum absolute atomic E-state index is 4.11. The number of hydrogen-bond acceptors (Lipinski definition) is 3. The highest BCUT2D eigenvalue weighted by Crippen LogP contribution is 1.80. The second-order valence-electron chi connectivity index (χ2n) is 2.28. The predicted molar refractivity (Wildman–Crippen MR) is 64.4 cm³/mol. The van der Waals surface area contributed by atoms with Gasteiger partial charge in [-0.3, -0.25) is 0 Å². The Morgan fingerprint density at radius 2 is 1.58 bits per heavy atom. The van der Waals surface area contributed by atoms with Crippen molar-refractivity contribution in [1.29, 1.82) is 0 Å². The molecule has 0 rings (SSSR count). The van der Waals surface area contributed by atoms with Gasteiger partial charge in [-0.05, 0) is 45.3 Å². The number of halogens is 2. The summed E-state index contributed by atoms with van der Waals surface area (Å²) in [7, 11) is 1.98. The lowest BCUT2D eigenvalue weighted by atomic mass is 10.4. The summed E-state index contributed by atoms with van der Waals surface area (Å²) >= 11 is 4.11. The molecular weight excluding hydrogens is 215 g/mol. The van der Waals surface area contributed by atoms with Crippen molar-refractivity contribution in [2.24, 2.45) is 0 Å². The van der Waals surface area contributed by atoms with Gasteiger partial charge in [0.1, 0.15) is 0 Å². The molecular formula is C7H20Cl2N2S. The number of nitrogens with one attached hydrogen (secondary N) is 2. The van der Waals surface area contributed by atoms with Crippen LogP contribution in [0.5, 0.6) is 0 Å². The van der Waals surface area contributed by atoms with Crippen molar-refractivity contribution in [2.45, 2.75) is 12.8 Å². The van der Waals surface area contributed by atoms with Crippen LogP contribution < -0.4 is 10.6 Å². The second kappa shape index (κ2) is 17.8. The van der Waals surface area contributed by atoms with Crippen LogP contribution in [0.25, 0.3) is 0 Å². The van der Waals surface area contributed by atoms with E-state index in [0.29, 0.717) is 0 Å². The molecule has 0 aliphatic rings. The van der Waals surface area contributed by atoms with Gasteiger partial charge in [0, 0.05) is 0 Å². The van der Waals surface area contributed by atoms with Gasteiger partial charge in [-0.25, -0.2) is 0 Å². The lowest BCUT2D eigenvalue weighted by molar-refractivity contribution is 0.621. The highest BCUT2D eigenvalue weighted by atomic mass is 35.5. The monoisotopic (exact) mass is 234 g/mol. The van der Waals surface area contributed by atoms with E-state index < -0.39 is 0 Å². The van der Waals surface area contributed by atoms with Crippen molar-refractivity contribution >= 4 is 37.4 Å². The number of thiol groups is 1. The summed E-state index contributed by atoms with van der Waals surface area (Å²) in [5.41, 5.74) is 0. The highest BCUT2D eigenvalue weighted by molar-refractivity contribution is 7.80. The fourth-order valence-electron chi connectivity index (χ4n) is 0.719. The molecule has 0 aliphatic carbocycles. The smallest absolute Gasteiger partial charge is 0.00368 e. The first-order valence-electron chi connectivity index (χ1n) is 3.88. The molecule has 0 heterocycles. The van der Waals surface area contributed by atoms with Crippen LogP contribution in [0.1, 0.15) is 12.8 Å². The first-order chi connectivity index (χ1) is 4.91. The molecule has 12 heavy (non-hydrogen) atoms. The molecule has 0 unspecified atom stereocenters. The molecule has 0 fully saturated rings. The lowest BCUT2D eigenvalue weighted by Crippen LogP contribution is -2.20. The largest absolute Gasteiger partial charge is 0.320 e. The molecule has 0 aromatic carbocycles. The zero-order valence-corrected chi connectivity index (χ0v) is 10.0. The highest BCUT2D eigenvalue weighted by Gasteiger charge is 1.85. The molecule has 0 amide bonds. The van der Waals surface area contributed by atoms with E-state index in [2.05, 4.69) is 23.3 Å². The van der Waals surface area contributed by atoms with E-state index in [1.165, 1.54) is 12.8 Å². The van der Waals surface area contributed by atoms with Gasteiger partial charge >= 0.3 is 0 Å². The van der Waals surface area contributed by atoms with Crippen LogP contribution in [0.4, 0.5) is 0 Å². The Morgan fingerprint density at radius 3 is 2.08 bits per heavy atom. The Morgan fingerprint density at radius 1 is 1.00 bits per heavy atom. The summed E-state index contributed by atoms with van der Waals surface area (Å²) in [5.74, 6) is 0.985. The molecule has 2 nitrogen and oxygen atoms in total. The second-order valence-corrected chi connectivity index (χ2v) is 2.73. The summed E-state index contributed by atoms with van der Waals surface area (Å²) in [4.78, 5) is 0. The van der Waals surface area contributed by atoms with Crippen LogP contribution in [0.15, 0.2) is 0 Å². The maximum atomic E-state index is 4.11. The van der Waals surface area contributed by atoms with E-state index >= 15 is 0 Å². The standard InChI is InChI=1S/C7H18N2S.2ClH/c1-8-4-2-5-9-6-3-7-10;;/h8-10H,2-7H2,1H3;2*1H. The van der Waals surface area contributed by atoms with E-state index in [1.807, 2.05) is 7.05 Å². The fraction of sp³-hybridized carbons (Fsp3) is 1.00. The number of rotatable bonds is 7. The zero-order valence-electron chi connectivity index (χ0n) is 7.51. The molecule has 2 N–H and O–H groups in total. The van der Waals surface area contributed by atoms with Crippen molar-refractivity contribution in [3.05, 3.63) is 0 Å².